The highest BCUT2D eigenvalue weighted by Gasteiger charge is 2.72. The van der Waals surface area contributed by atoms with Gasteiger partial charge in [-0.05, 0) is 18.9 Å². The summed E-state index contributed by atoms with van der Waals surface area (Å²) in [5.74, 6) is 1.24. The first-order chi connectivity index (χ1) is 6.75. The SMILES string of the molecule is CCC1=C(CC)C23C=CC(C)N2C3O1. The molecule has 3 aliphatic rings. The predicted octanol–water partition coefficient (Wildman–Crippen LogP) is 2.43. The van der Waals surface area contributed by atoms with E-state index in [9.17, 15) is 0 Å². The van der Waals surface area contributed by atoms with Gasteiger partial charge in [0.1, 0.15) is 5.54 Å². The molecule has 3 aliphatic heterocycles. The van der Waals surface area contributed by atoms with Crippen molar-refractivity contribution >= 4 is 0 Å². The van der Waals surface area contributed by atoms with Gasteiger partial charge >= 0.3 is 0 Å². The molecule has 0 aromatic heterocycles. The van der Waals surface area contributed by atoms with Crippen molar-refractivity contribution < 1.29 is 4.74 Å². The van der Waals surface area contributed by atoms with Crippen LogP contribution >= 0.6 is 0 Å². The molecule has 2 nitrogen and oxygen atoms in total. The van der Waals surface area contributed by atoms with Crippen LogP contribution in [0.5, 0.6) is 0 Å². The molecule has 76 valence electrons. The fourth-order valence-corrected chi connectivity index (χ4v) is 3.16. The Bertz CT molecular complexity index is 344. The van der Waals surface area contributed by atoms with E-state index in [-0.39, 0.29) is 5.54 Å². The summed E-state index contributed by atoms with van der Waals surface area (Å²) in [6.07, 6.45) is 7.15. The maximum atomic E-state index is 5.97. The summed E-state index contributed by atoms with van der Waals surface area (Å²) in [6.45, 7) is 6.66. The van der Waals surface area contributed by atoms with Gasteiger partial charge < -0.3 is 4.74 Å². The van der Waals surface area contributed by atoms with E-state index in [0.717, 1.165) is 12.8 Å². The Labute approximate surface area is 85.2 Å². The first kappa shape index (κ1) is 8.54. The van der Waals surface area contributed by atoms with Crippen LogP contribution < -0.4 is 0 Å². The minimum atomic E-state index is 0.194. The number of rotatable bonds is 2. The summed E-state index contributed by atoms with van der Waals surface area (Å²) in [4.78, 5) is 2.46. The van der Waals surface area contributed by atoms with Crippen LogP contribution in [-0.2, 0) is 4.74 Å². The van der Waals surface area contributed by atoms with E-state index >= 15 is 0 Å². The number of allylic oxidation sites excluding steroid dienone is 1. The van der Waals surface area contributed by atoms with E-state index in [4.69, 9.17) is 4.74 Å². The molecule has 1 spiro atoms. The summed E-state index contributed by atoms with van der Waals surface area (Å²) in [5.41, 5.74) is 1.71. The zero-order chi connectivity index (χ0) is 9.92. The van der Waals surface area contributed by atoms with E-state index in [1.165, 1.54) is 11.3 Å². The summed E-state index contributed by atoms with van der Waals surface area (Å²) >= 11 is 0. The molecule has 0 aromatic carbocycles. The molecule has 0 radical (unpaired) electrons. The molecule has 1 fully saturated rings. The average Bonchev–Trinajstić information content (AvgIpc) is 2.53. The lowest BCUT2D eigenvalue weighted by Crippen LogP contribution is -2.19. The van der Waals surface area contributed by atoms with Crippen molar-refractivity contribution in [2.24, 2.45) is 0 Å². The second-order valence-electron chi connectivity index (χ2n) is 4.41. The van der Waals surface area contributed by atoms with Crippen molar-refractivity contribution in [3.8, 4) is 0 Å². The molecular formula is C12H17NO. The Balaban J connectivity index is 2.02. The Hall–Kier alpha value is -0.760. The number of hydrogen-bond acceptors (Lipinski definition) is 2. The van der Waals surface area contributed by atoms with Crippen molar-refractivity contribution in [2.45, 2.75) is 51.4 Å². The third kappa shape index (κ3) is 0.693. The van der Waals surface area contributed by atoms with Crippen molar-refractivity contribution in [2.75, 3.05) is 0 Å². The highest BCUT2D eigenvalue weighted by Crippen LogP contribution is 2.60. The lowest BCUT2D eigenvalue weighted by Gasteiger charge is -2.15. The Morgan fingerprint density at radius 1 is 1.43 bits per heavy atom. The summed E-state index contributed by atoms with van der Waals surface area (Å²) in [5, 5.41) is 0. The fourth-order valence-electron chi connectivity index (χ4n) is 3.16. The van der Waals surface area contributed by atoms with Gasteiger partial charge in [-0.1, -0.05) is 26.0 Å². The monoisotopic (exact) mass is 191 g/mol. The topological polar surface area (TPSA) is 12.2 Å². The third-order valence-corrected chi connectivity index (χ3v) is 3.80. The second-order valence-corrected chi connectivity index (χ2v) is 4.41. The number of hydrogen-bond donors (Lipinski definition) is 0. The molecule has 0 amide bonds. The van der Waals surface area contributed by atoms with Crippen LogP contribution in [0.3, 0.4) is 0 Å². The highest BCUT2D eigenvalue weighted by molar-refractivity contribution is 5.50. The molecule has 4 atom stereocenters. The maximum absolute atomic E-state index is 5.97. The highest BCUT2D eigenvalue weighted by atomic mass is 16.5. The zero-order valence-corrected chi connectivity index (χ0v) is 9.08. The fraction of sp³-hybridized carbons (Fsp3) is 0.667. The van der Waals surface area contributed by atoms with Crippen LogP contribution in [-0.4, -0.2) is 22.7 Å². The van der Waals surface area contributed by atoms with Gasteiger partial charge in [-0.25, -0.2) is 4.90 Å². The van der Waals surface area contributed by atoms with Crippen molar-refractivity contribution in [1.29, 1.82) is 0 Å². The van der Waals surface area contributed by atoms with Crippen molar-refractivity contribution in [3.05, 3.63) is 23.5 Å². The van der Waals surface area contributed by atoms with Gasteiger partial charge in [0.2, 0.25) is 0 Å². The largest absolute Gasteiger partial charge is 0.477 e. The molecule has 0 bridgehead atoms. The quantitative estimate of drug-likeness (QED) is 0.491. The van der Waals surface area contributed by atoms with E-state index in [0.29, 0.717) is 12.3 Å². The molecule has 14 heavy (non-hydrogen) atoms. The van der Waals surface area contributed by atoms with Crippen molar-refractivity contribution in [3.63, 3.8) is 0 Å². The molecule has 3 heterocycles. The number of nitrogens with zero attached hydrogens (tertiary/aromatic N) is 1. The van der Waals surface area contributed by atoms with Gasteiger partial charge in [0.15, 0.2) is 6.23 Å². The molecule has 0 saturated carbocycles. The second kappa shape index (κ2) is 2.43. The van der Waals surface area contributed by atoms with Crippen LogP contribution in [0.15, 0.2) is 23.5 Å². The molecule has 0 aromatic rings. The smallest absolute Gasteiger partial charge is 0.180 e. The van der Waals surface area contributed by atoms with E-state index < -0.39 is 0 Å². The van der Waals surface area contributed by atoms with Crippen molar-refractivity contribution in [1.82, 2.24) is 4.90 Å². The van der Waals surface area contributed by atoms with Crippen LogP contribution in [0.25, 0.3) is 0 Å². The Morgan fingerprint density at radius 2 is 2.21 bits per heavy atom. The third-order valence-electron chi connectivity index (χ3n) is 3.80. The Kier molecular flexibility index (Phi) is 1.48. The molecule has 3 rings (SSSR count). The van der Waals surface area contributed by atoms with Crippen LogP contribution in [0, 0.1) is 0 Å². The van der Waals surface area contributed by atoms with Crippen LogP contribution in [0.4, 0.5) is 0 Å². The first-order valence-corrected chi connectivity index (χ1v) is 5.62. The molecule has 1 saturated heterocycles. The van der Waals surface area contributed by atoms with E-state index in [2.05, 4.69) is 37.8 Å². The van der Waals surface area contributed by atoms with Gasteiger partial charge in [-0.2, -0.15) is 0 Å². The lowest BCUT2D eigenvalue weighted by molar-refractivity contribution is 0.138. The predicted molar refractivity (Wildman–Crippen MR) is 55.7 cm³/mol. The summed E-state index contributed by atoms with van der Waals surface area (Å²) in [7, 11) is 0. The minimum Gasteiger partial charge on any atom is -0.477 e. The number of fused-ring (bicyclic) bond motifs is 1. The normalized spacial score (nSPS) is 47.8. The van der Waals surface area contributed by atoms with Gasteiger partial charge in [0.25, 0.3) is 0 Å². The molecule has 4 unspecified atom stereocenters. The minimum absolute atomic E-state index is 0.194. The van der Waals surface area contributed by atoms with E-state index in [1.807, 2.05) is 0 Å². The standard InChI is InChI=1S/C12H17NO/c1-4-9-10(5-2)14-11-12(9)7-6-8(3)13(11)12/h6-8,11H,4-5H2,1-3H3. The summed E-state index contributed by atoms with van der Waals surface area (Å²) < 4.78 is 5.97. The average molecular weight is 191 g/mol. The maximum Gasteiger partial charge on any atom is 0.180 e. The van der Waals surface area contributed by atoms with Gasteiger partial charge in [0.05, 0.1) is 5.76 Å². The molecular weight excluding hydrogens is 174 g/mol. The molecule has 2 heteroatoms. The number of ether oxygens (including phenoxy) is 1. The first-order valence-electron chi connectivity index (χ1n) is 5.62. The van der Waals surface area contributed by atoms with Gasteiger partial charge in [-0.3, -0.25) is 0 Å². The van der Waals surface area contributed by atoms with Crippen LogP contribution in [0.1, 0.15) is 33.6 Å². The summed E-state index contributed by atoms with van der Waals surface area (Å²) in [6, 6.07) is 0.556. The van der Waals surface area contributed by atoms with Gasteiger partial charge in [-0.15, -0.1) is 0 Å². The Morgan fingerprint density at radius 3 is 2.86 bits per heavy atom. The molecule has 0 N–H and O–H groups in total. The molecule has 0 aliphatic carbocycles. The van der Waals surface area contributed by atoms with Crippen LogP contribution in [0.2, 0.25) is 0 Å². The lowest BCUT2D eigenvalue weighted by atomic mass is 9.96. The van der Waals surface area contributed by atoms with Gasteiger partial charge in [0, 0.05) is 12.5 Å². The zero-order valence-electron chi connectivity index (χ0n) is 9.08. The van der Waals surface area contributed by atoms with E-state index in [1.54, 1.807) is 0 Å².